The standard InChI is InChI=1S/C19H26N4O2S2/c1-4-25-17(24)15-8-6-10-22(11-15)12-23-19(26)27-18(21-23)20-16-9-5-7-13(2)14(16)3/h5,7,9,15H,4,6,8,10-12H2,1-3H3,(H,20,21)/p+1/t15-/m1/s1. The Kier molecular flexibility index (Phi) is 6.62. The number of quaternary nitrogens is 1. The fraction of sp³-hybridized carbons (Fsp3) is 0.526. The van der Waals surface area contributed by atoms with Crippen LogP contribution < -0.4 is 10.2 Å². The number of carbonyl (C=O) groups excluding carboxylic acids is 1. The molecule has 0 saturated carbocycles. The van der Waals surface area contributed by atoms with E-state index in [0.29, 0.717) is 13.3 Å². The molecular weight excluding hydrogens is 380 g/mol. The summed E-state index contributed by atoms with van der Waals surface area (Å²) in [7, 11) is 0. The number of carbonyl (C=O) groups is 1. The lowest BCUT2D eigenvalue weighted by Crippen LogP contribution is -3.13. The van der Waals surface area contributed by atoms with Crippen molar-refractivity contribution in [1.29, 1.82) is 0 Å². The van der Waals surface area contributed by atoms with Gasteiger partial charge in [0.1, 0.15) is 5.92 Å². The van der Waals surface area contributed by atoms with Gasteiger partial charge < -0.3 is 15.0 Å². The lowest BCUT2D eigenvalue weighted by atomic mass is 9.99. The van der Waals surface area contributed by atoms with Gasteiger partial charge >= 0.3 is 5.97 Å². The van der Waals surface area contributed by atoms with Crippen LogP contribution in [-0.4, -0.2) is 35.4 Å². The molecule has 1 aromatic carbocycles. The molecule has 2 heterocycles. The lowest BCUT2D eigenvalue weighted by Gasteiger charge is -2.28. The predicted molar refractivity (Wildman–Crippen MR) is 110 cm³/mol. The average molecular weight is 408 g/mol. The molecule has 1 aromatic heterocycles. The van der Waals surface area contributed by atoms with E-state index >= 15 is 0 Å². The van der Waals surface area contributed by atoms with Crippen LogP contribution in [0.3, 0.4) is 0 Å². The highest BCUT2D eigenvalue weighted by atomic mass is 32.1. The monoisotopic (exact) mass is 407 g/mol. The van der Waals surface area contributed by atoms with Gasteiger partial charge in [-0.15, -0.1) is 5.10 Å². The first-order chi connectivity index (χ1) is 13.0. The number of benzene rings is 1. The van der Waals surface area contributed by atoms with Gasteiger partial charge in [0.15, 0.2) is 10.6 Å². The quantitative estimate of drug-likeness (QED) is 0.570. The molecule has 0 bridgehead atoms. The van der Waals surface area contributed by atoms with Crippen LogP contribution in [0.1, 0.15) is 30.9 Å². The van der Waals surface area contributed by atoms with E-state index in [4.69, 9.17) is 17.0 Å². The summed E-state index contributed by atoms with van der Waals surface area (Å²) >= 11 is 6.99. The second-order valence-corrected chi connectivity index (χ2v) is 8.62. The molecule has 146 valence electrons. The van der Waals surface area contributed by atoms with Crippen LogP contribution in [0.2, 0.25) is 0 Å². The van der Waals surface area contributed by atoms with Crippen molar-refractivity contribution in [1.82, 2.24) is 9.78 Å². The molecule has 1 fully saturated rings. The number of aryl methyl sites for hydroxylation is 1. The first-order valence-corrected chi connectivity index (χ1v) is 10.6. The Balaban J connectivity index is 1.67. The number of likely N-dealkylation sites (tertiary alicyclic amines) is 1. The zero-order valence-corrected chi connectivity index (χ0v) is 17.7. The number of anilines is 2. The van der Waals surface area contributed by atoms with Crippen LogP contribution in [0, 0.1) is 23.7 Å². The van der Waals surface area contributed by atoms with Crippen molar-refractivity contribution in [3.8, 4) is 0 Å². The molecule has 27 heavy (non-hydrogen) atoms. The summed E-state index contributed by atoms with van der Waals surface area (Å²) in [5, 5.41) is 8.85. The number of hydrogen-bond donors (Lipinski definition) is 2. The molecule has 2 aromatic rings. The summed E-state index contributed by atoms with van der Waals surface area (Å²) in [6.45, 7) is 8.97. The third-order valence-corrected chi connectivity index (χ3v) is 6.29. The van der Waals surface area contributed by atoms with E-state index in [9.17, 15) is 4.79 Å². The van der Waals surface area contributed by atoms with Crippen LogP contribution in [0.15, 0.2) is 18.2 Å². The summed E-state index contributed by atoms with van der Waals surface area (Å²) in [5.41, 5.74) is 3.51. The number of aromatic nitrogens is 2. The van der Waals surface area contributed by atoms with E-state index in [2.05, 4.69) is 36.4 Å². The van der Waals surface area contributed by atoms with Crippen LogP contribution in [0.5, 0.6) is 0 Å². The van der Waals surface area contributed by atoms with Crippen LogP contribution in [0.4, 0.5) is 10.8 Å². The first kappa shape index (κ1) is 20.0. The molecule has 1 aliphatic heterocycles. The number of ether oxygens (including phenoxy) is 1. The van der Waals surface area contributed by atoms with Crippen molar-refractivity contribution in [2.45, 2.75) is 40.3 Å². The first-order valence-electron chi connectivity index (χ1n) is 9.39. The highest BCUT2D eigenvalue weighted by molar-refractivity contribution is 7.73. The summed E-state index contributed by atoms with van der Waals surface area (Å²) in [6, 6.07) is 6.19. The molecule has 1 unspecified atom stereocenters. The summed E-state index contributed by atoms with van der Waals surface area (Å²) < 4.78 is 7.81. The maximum Gasteiger partial charge on any atom is 0.314 e. The maximum absolute atomic E-state index is 12.0. The van der Waals surface area contributed by atoms with Crippen molar-refractivity contribution in [2.75, 3.05) is 25.0 Å². The molecule has 0 radical (unpaired) electrons. The Bertz CT molecular complexity index is 862. The van der Waals surface area contributed by atoms with Gasteiger partial charge in [0.05, 0.1) is 19.7 Å². The number of esters is 1. The summed E-state index contributed by atoms with van der Waals surface area (Å²) in [4.78, 5) is 13.4. The van der Waals surface area contributed by atoms with Crippen molar-refractivity contribution in [3.05, 3.63) is 33.3 Å². The van der Waals surface area contributed by atoms with E-state index in [1.54, 1.807) is 0 Å². The molecule has 3 rings (SSSR count). The molecule has 2 N–H and O–H groups in total. The Labute approximate surface area is 169 Å². The van der Waals surface area contributed by atoms with Crippen molar-refractivity contribution < 1.29 is 14.4 Å². The smallest absolute Gasteiger partial charge is 0.314 e. The highest BCUT2D eigenvalue weighted by Gasteiger charge is 2.30. The van der Waals surface area contributed by atoms with E-state index in [0.717, 1.165) is 40.7 Å². The Morgan fingerprint density at radius 1 is 1.48 bits per heavy atom. The molecular formula is C19H27N4O2S2+. The van der Waals surface area contributed by atoms with Gasteiger partial charge in [0.2, 0.25) is 5.13 Å². The fourth-order valence-corrected chi connectivity index (χ4v) is 4.44. The van der Waals surface area contributed by atoms with Gasteiger partial charge in [-0.05, 0) is 63.0 Å². The Morgan fingerprint density at radius 3 is 3.07 bits per heavy atom. The zero-order chi connectivity index (χ0) is 19.4. The highest BCUT2D eigenvalue weighted by Crippen LogP contribution is 2.24. The minimum absolute atomic E-state index is 0.0194. The number of piperidine rings is 1. The second kappa shape index (κ2) is 8.95. The van der Waals surface area contributed by atoms with Gasteiger partial charge in [-0.3, -0.25) is 4.79 Å². The number of nitrogens with zero attached hydrogens (tertiary/aromatic N) is 2. The molecule has 1 saturated heterocycles. The predicted octanol–water partition coefficient (Wildman–Crippen LogP) is 2.85. The van der Waals surface area contributed by atoms with Crippen molar-refractivity contribution >= 4 is 40.3 Å². The average Bonchev–Trinajstić information content (AvgIpc) is 2.98. The van der Waals surface area contributed by atoms with Gasteiger partial charge in [0.25, 0.3) is 0 Å². The molecule has 0 aliphatic carbocycles. The lowest BCUT2D eigenvalue weighted by molar-refractivity contribution is -0.930. The topological polar surface area (TPSA) is 60.6 Å². The van der Waals surface area contributed by atoms with Crippen LogP contribution >= 0.6 is 23.6 Å². The maximum atomic E-state index is 12.0. The SMILES string of the molecule is CCOC(=O)[C@@H]1CCC[NH+](Cn2nc(Nc3cccc(C)c3C)sc2=S)C1. The van der Waals surface area contributed by atoms with E-state index in [-0.39, 0.29) is 11.9 Å². The number of nitrogens with one attached hydrogen (secondary N) is 2. The molecule has 0 amide bonds. The van der Waals surface area contributed by atoms with Crippen LogP contribution in [-0.2, 0) is 16.2 Å². The van der Waals surface area contributed by atoms with Crippen LogP contribution in [0.25, 0.3) is 0 Å². The minimum Gasteiger partial charge on any atom is -0.466 e. The third-order valence-electron chi connectivity index (χ3n) is 5.06. The largest absolute Gasteiger partial charge is 0.466 e. The normalized spacial score (nSPS) is 19.7. The van der Waals surface area contributed by atoms with E-state index in [1.165, 1.54) is 27.4 Å². The van der Waals surface area contributed by atoms with Crippen molar-refractivity contribution in [2.24, 2.45) is 5.92 Å². The van der Waals surface area contributed by atoms with Gasteiger partial charge in [-0.25, -0.2) is 0 Å². The number of rotatable bonds is 6. The van der Waals surface area contributed by atoms with Gasteiger partial charge in [0, 0.05) is 5.69 Å². The van der Waals surface area contributed by atoms with E-state index < -0.39 is 0 Å². The van der Waals surface area contributed by atoms with E-state index in [1.807, 2.05) is 17.7 Å². The molecule has 0 spiro atoms. The van der Waals surface area contributed by atoms with Crippen molar-refractivity contribution in [3.63, 3.8) is 0 Å². The second-order valence-electron chi connectivity index (χ2n) is 7.00. The Morgan fingerprint density at radius 2 is 2.30 bits per heavy atom. The third kappa shape index (κ3) is 4.94. The Hall–Kier alpha value is -1.77. The van der Waals surface area contributed by atoms with Gasteiger partial charge in [-0.1, -0.05) is 23.5 Å². The summed E-state index contributed by atoms with van der Waals surface area (Å²) in [6.07, 6.45) is 1.92. The molecule has 1 aliphatic rings. The fourth-order valence-electron chi connectivity index (χ4n) is 3.43. The molecule has 2 atom stereocenters. The minimum atomic E-state index is -0.0751. The zero-order valence-electron chi connectivity index (χ0n) is 16.1. The summed E-state index contributed by atoms with van der Waals surface area (Å²) in [5.74, 6) is -0.0945. The molecule has 6 nitrogen and oxygen atoms in total. The molecule has 8 heteroatoms. The number of hydrogen-bond acceptors (Lipinski definition) is 6. The van der Waals surface area contributed by atoms with Gasteiger partial charge in [-0.2, -0.15) is 4.68 Å².